The summed E-state index contributed by atoms with van der Waals surface area (Å²) in [5, 5.41) is 3.00. The Morgan fingerprint density at radius 2 is 1.71 bits per heavy atom. The number of hydrogen-bond donors (Lipinski definition) is 2. The Hall–Kier alpha value is -1.88. The Morgan fingerprint density at radius 3 is 2.17 bits per heavy atom. The van der Waals surface area contributed by atoms with Gasteiger partial charge in [0.05, 0.1) is 20.6 Å². The molecule has 0 aliphatic heterocycles. The largest absolute Gasteiger partial charge is 0.340 e. The minimum atomic E-state index is -0.486. The average molecular weight is 334 g/mol. The summed E-state index contributed by atoms with van der Waals surface area (Å²) >= 11 is 0. The summed E-state index contributed by atoms with van der Waals surface area (Å²) in [5.74, 6) is -0.207. The molecule has 1 atom stereocenters. The molecule has 2 amide bonds. The van der Waals surface area contributed by atoms with E-state index in [4.69, 9.17) is 0 Å². The first kappa shape index (κ1) is 20.2. The van der Waals surface area contributed by atoms with Gasteiger partial charge in [0, 0.05) is 25.6 Å². The maximum Gasteiger partial charge on any atom is 0.246 e. The van der Waals surface area contributed by atoms with Crippen LogP contribution in [0.5, 0.6) is 0 Å². The number of amides is 2. The lowest BCUT2D eigenvalue weighted by atomic mass is 10.0. The van der Waals surface area contributed by atoms with Gasteiger partial charge in [-0.1, -0.05) is 17.7 Å². The third kappa shape index (κ3) is 5.64. The van der Waals surface area contributed by atoms with Crippen LogP contribution >= 0.6 is 0 Å². The molecule has 0 aliphatic carbocycles. The highest BCUT2D eigenvalue weighted by molar-refractivity contribution is 5.97. The van der Waals surface area contributed by atoms with Gasteiger partial charge in [-0.3, -0.25) is 9.59 Å². The summed E-state index contributed by atoms with van der Waals surface area (Å²) in [6.45, 7) is 10.9. The van der Waals surface area contributed by atoms with Gasteiger partial charge in [0.1, 0.15) is 6.04 Å². The predicted octanol–water partition coefficient (Wildman–Crippen LogP) is 1.32. The van der Waals surface area contributed by atoms with Crippen LogP contribution in [0.2, 0.25) is 0 Å². The van der Waals surface area contributed by atoms with Crippen molar-refractivity contribution >= 4 is 17.5 Å². The van der Waals surface area contributed by atoms with Gasteiger partial charge in [0.15, 0.2) is 0 Å². The monoisotopic (exact) mass is 334 g/mol. The lowest BCUT2D eigenvalue weighted by molar-refractivity contribution is -0.858. The van der Waals surface area contributed by atoms with E-state index in [9.17, 15) is 9.59 Å². The first-order valence-electron chi connectivity index (χ1n) is 8.58. The van der Waals surface area contributed by atoms with Crippen molar-refractivity contribution in [3.05, 3.63) is 28.8 Å². The minimum absolute atomic E-state index is 0.0660. The number of nitrogens with one attached hydrogen (secondary N) is 2. The van der Waals surface area contributed by atoms with Crippen LogP contribution in [-0.2, 0) is 9.59 Å². The SMILES string of the molecule is CC(=O)N(CCC[NH+](C)C)C(C)C(=O)Nc1c(C)cc(C)cc1C. The molecule has 5 heteroatoms. The summed E-state index contributed by atoms with van der Waals surface area (Å²) in [6, 6.07) is 3.62. The maximum absolute atomic E-state index is 12.6. The Kier molecular flexibility index (Phi) is 7.42. The quantitative estimate of drug-likeness (QED) is 0.790. The van der Waals surface area contributed by atoms with Crippen molar-refractivity contribution in [1.82, 2.24) is 4.90 Å². The van der Waals surface area contributed by atoms with Crippen molar-refractivity contribution in [3.8, 4) is 0 Å². The highest BCUT2D eigenvalue weighted by atomic mass is 16.2. The van der Waals surface area contributed by atoms with Crippen molar-refractivity contribution < 1.29 is 14.5 Å². The van der Waals surface area contributed by atoms with E-state index in [0.29, 0.717) is 6.54 Å². The zero-order chi connectivity index (χ0) is 18.4. The predicted molar refractivity (Wildman–Crippen MR) is 98.4 cm³/mol. The Bertz CT molecular complexity index is 573. The first-order valence-corrected chi connectivity index (χ1v) is 8.58. The molecule has 0 saturated heterocycles. The van der Waals surface area contributed by atoms with E-state index < -0.39 is 6.04 Å². The fourth-order valence-corrected chi connectivity index (χ4v) is 2.97. The summed E-state index contributed by atoms with van der Waals surface area (Å²) in [5.41, 5.74) is 4.10. The standard InChI is InChI=1S/C19H31N3O2/c1-13-11-14(2)18(15(3)12-13)20-19(24)16(4)22(17(5)23)10-8-9-21(6)7/h11-12,16H,8-10H2,1-7H3,(H,20,24)/p+1. The summed E-state index contributed by atoms with van der Waals surface area (Å²) in [4.78, 5) is 27.6. The molecule has 0 bridgehead atoms. The topological polar surface area (TPSA) is 53.9 Å². The van der Waals surface area contributed by atoms with Crippen molar-refractivity contribution in [2.24, 2.45) is 0 Å². The molecule has 1 unspecified atom stereocenters. The van der Waals surface area contributed by atoms with Crippen LogP contribution in [0.1, 0.15) is 37.0 Å². The number of nitrogens with zero attached hydrogens (tertiary/aromatic N) is 1. The van der Waals surface area contributed by atoms with E-state index >= 15 is 0 Å². The number of anilines is 1. The third-order valence-electron chi connectivity index (χ3n) is 4.25. The van der Waals surface area contributed by atoms with Crippen LogP contribution in [0.3, 0.4) is 0 Å². The van der Waals surface area contributed by atoms with Crippen LogP contribution in [0, 0.1) is 20.8 Å². The summed E-state index contributed by atoms with van der Waals surface area (Å²) in [6.07, 6.45) is 0.877. The number of carbonyl (C=O) groups is 2. The van der Waals surface area contributed by atoms with Crippen LogP contribution < -0.4 is 10.2 Å². The van der Waals surface area contributed by atoms with E-state index in [2.05, 4.69) is 31.5 Å². The van der Waals surface area contributed by atoms with Crippen molar-refractivity contribution in [1.29, 1.82) is 0 Å². The van der Waals surface area contributed by atoms with Crippen LogP contribution in [0.4, 0.5) is 5.69 Å². The molecule has 5 nitrogen and oxygen atoms in total. The average Bonchev–Trinajstić information content (AvgIpc) is 2.45. The maximum atomic E-state index is 12.6. The lowest BCUT2D eigenvalue weighted by Crippen LogP contribution is -3.05. The number of aryl methyl sites for hydroxylation is 3. The third-order valence-corrected chi connectivity index (χ3v) is 4.25. The number of quaternary nitrogens is 1. The summed E-state index contributed by atoms with van der Waals surface area (Å²) in [7, 11) is 4.16. The van der Waals surface area contributed by atoms with E-state index in [1.54, 1.807) is 11.8 Å². The zero-order valence-corrected chi connectivity index (χ0v) is 16.1. The van der Waals surface area contributed by atoms with Crippen LogP contribution in [0.15, 0.2) is 12.1 Å². The second kappa shape index (κ2) is 8.83. The Balaban J connectivity index is 2.82. The molecule has 0 heterocycles. The molecule has 0 saturated carbocycles. The fourth-order valence-electron chi connectivity index (χ4n) is 2.97. The van der Waals surface area contributed by atoms with Crippen molar-refractivity contribution in [2.45, 2.75) is 47.1 Å². The molecule has 24 heavy (non-hydrogen) atoms. The van der Waals surface area contributed by atoms with Gasteiger partial charge in [-0.2, -0.15) is 0 Å². The number of carbonyl (C=O) groups excluding carboxylic acids is 2. The molecule has 0 aliphatic rings. The minimum Gasteiger partial charge on any atom is -0.340 e. The van der Waals surface area contributed by atoms with Gasteiger partial charge in [0.25, 0.3) is 0 Å². The van der Waals surface area contributed by atoms with Crippen LogP contribution in [0.25, 0.3) is 0 Å². The van der Waals surface area contributed by atoms with Gasteiger partial charge >= 0.3 is 0 Å². The van der Waals surface area contributed by atoms with Crippen molar-refractivity contribution in [3.63, 3.8) is 0 Å². The molecule has 1 aromatic rings. The smallest absolute Gasteiger partial charge is 0.246 e. The number of rotatable bonds is 7. The molecule has 0 spiro atoms. The van der Waals surface area contributed by atoms with E-state index in [-0.39, 0.29) is 11.8 Å². The van der Waals surface area contributed by atoms with E-state index in [1.165, 1.54) is 17.4 Å². The second-order valence-corrected chi connectivity index (χ2v) is 6.96. The van der Waals surface area contributed by atoms with E-state index in [0.717, 1.165) is 29.8 Å². The highest BCUT2D eigenvalue weighted by Crippen LogP contribution is 2.22. The first-order chi connectivity index (χ1) is 11.1. The number of hydrogen-bond acceptors (Lipinski definition) is 2. The van der Waals surface area contributed by atoms with Gasteiger partial charge in [-0.05, 0) is 38.8 Å². The number of benzene rings is 1. The molecular weight excluding hydrogens is 302 g/mol. The normalized spacial score (nSPS) is 12.2. The zero-order valence-electron chi connectivity index (χ0n) is 16.1. The van der Waals surface area contributed by atoms with Crippen LogP contribution in [-0.4, -0.2) is 49.9 Å². The molecule has 0 radical (unpaired) electrons. The van der Waals surface area contributed by atoms with Gasteiger partial charge in [0.2, 0.25) is 11.8 Å². The fraction of sp³-hybridized carbons (Fsp3) is 0.579. The van der Waals surface area contributed by atoms with E-state index in [1.807, 2.05) is 20.8 Å². The molecule has 2 N–H and O–H groups in total. The molecule has 1 aromatic carbocycles. The van der Waals surface area contributed by atoms with Gasteiger partial charge < -0.3 is 15.1 Å². The Morgan fingerprint density at radius 1 is 1.17 bits per heavy atom. The van der Waals surface area contributed by atoms with Crippen molar-refractivity contribution in [2.75, 3.05) is 32.5 Å². The van der Waals surface area contributed by atoms with Gasteiger partial charge in [-0.15, -0.1) is 0 Å². The highest BCUT2D eigenvalue weighted by Gasteiger charge is 2.24. The molecule has 134 valence electrons. The second-order valence-electron chi connectivity index (χ2n) is 6.96. The molecule has 0 fully saturated rings. The molecule has 0 aromatic heterocycles. The lowest BCUT2D eigenvalue weighted by Gasteiger charge is -2.28. The molecular formula is C19H32N3O2+. The molecule has 1 rings (SSSR count). The summed E-state index contributed by atoms with van der Waals surface area (Å²) < 4.78 is 0. The van der Waals surface area contributed by atoms with Gasteiger partial charge in [-0.25, -0.2) is 0 Å². The Labute approximate surface area is 146 Å².